The highest BCUT2D eigenvalue weighted by molar-refractivity contribution is 5.77. The fourth-order valence-corrected chi connectivity index (χ4v) is 2.73. The number of aromatic amines is 1. The van der Waals surface area contributed by atoms with E-state index in [9.17, 15) is 14.4 Å². The van der Waals surface area contributed by atoms with E-state index >= 15 is 0 Å². The summed E-state index contributed by atoms with van der Waals surface area (Å²) in [5, 5.41) is 3.02. The summed E-state index contributed by atoms with van der Waals surface area (Å²) in [6.07, 6.45) is 1.52. The third-order valence-corrected chi connectivity index (χ3v) is 4.05. The van der Waals surface area contributed by atoms with Crippen LogP contribution in [0.1, 0.15) is 23.6 Å². The molecule has 3 aromatic rings. The van der Waals surface area contributed by atoms with Crippen molar-refractivity contribution >= 4 is 5.91 Å². The molecule has 0 saturated heterocycles. The van der Waals surface area contributed by atoms with Gasteiger partial charge in [-0.2, -0.15) is 0 Å². The van der Waals surface area contributed by atoms with E-state index in [0.29, 0.717) is 0 Å². The SMILES string of the molecule is O=C(CCn1ccc(=O)[nH]c1=O)NC(c1ccccc1)c1ccccc1. The van der Waals surface area contributed by atoms with Crippen LogP contribution < -0.4 is 16.6 Å². The Morgan fingerprint density at radius 2 is 1.50 bits per heavy atom. The molecule has 0 bridgehead atoms. The number of aromatic nitrogens is 2. The van der Waals surface area contributed by atoms with Gasteiger partial charge < -0.3 is 9.88 Å². The highest BCUT2D eigenvalue weighted by atomic mass is 16.2. The molecule has 0 saturated carbocycles. The molecule has 2 aromatic carbocycles. The number of nitrogens with one attached hydrogen (secondary N) is 2. The summed E-state index contributed by atoms with van der Waals surface area (Å²) in [4.78, 5) is 37.4. The van der Waals surface area contributed by atoms with Crippen LogP contribution in [0, 0.1) is 0 Å². The molecule has 0 atom stereocenters. The van der Waals surface area contributed by atoms with Gasteiger partial charge in [-0.3, -0.25) is 14.6 Å². The topological polar surface area (TPSA) is 84.0 Å². The average molecular weight is 349 g/mol. The number of aryl methyl sites for hydroxylation is 1. The van der Waals surface area contributed by atoms with Gasteiger partial charge in [0.1, 0.15) is 0 Å². The molecule has 0 aliphatic rings. The van der Waals surface area contributed by atoms with Gasteiger partial charge in [0.05, 0.1) is 6.04 Å². The summed E-state index contributed by atoms with van der Waals surface area (Å²) in [6, 6.07) is 20.4. The lowest BCUT2D eigenvalue weighted by molar-refractivity contribution is -0.121. The predicted molar refractivity (Wildman–Crippen MR) is 98.8 cm³/mol. The van der Waals surface area contributed by atoms with Crippen molar-refractivity contribution in [1.29, 1.82) is 0 Å². The second-order valence-corrected chi connectivity index (χ2v) is 5.88. The first kappa shape index (κ1) is 17.4. The molecule has 1 heterocycles. The average Bonchev–Trinajstić information content (AvgIpc) is 2.67. The largest absolute Gasteiger partial charge is 0.345 e. The Bertz CT molecular complexity index is 939. The van der Waals surface area contributed by atoms with Crippen LogP contribution in [0.25, 0.3) is 0 Å². The van der Waals surface area contributed by atoms with Gasteiger partial charge in [-0.1, -0.05) is 60.7 Å². The van der Waals surface area contributed by atoms with Crippen LogP contribution in [0.4, 0.5) is 0 Å². The number of carbonyl (C=O) groups is 1. The molecule has 0 radical (unpaired) electrons. The first-order chi connectivity index (χ1) is 12.6. The quantitative estimate of drug-likeness (QED) is 0.712. The third-order valence-electron chi connectivity index (χ3n) is 4.05. The highest BCUT2D eigenvalue weighted by Gasteiger charge is 2.16. The summed E-state index contributed by atoms with van der Waals surface area (Å²) in [5.41, 5.74) is 0.985. The van der Waals surface area contributed by atoms with Crippen molar-refractivity contribution in [2.75, 3.05) is 0 Å². The highest BCUT2D eigenvalue weighted by Crippen LogP contribution is 2.21. The standard InChI is InChI=1S/C20H19N3O3/c24-17(11-13-23-14-12-18(25)22-20(23)26)21-19(15-7-3-1-4-8-15)16-9-5-2-6-10-16/h1-10,12,14,19H,11,13H2,(H,21,24)(H,22,25,26). The Hall–Kier alpha value is -3.41. The van der Waals surface area contributed by atoms with Gasteiger partial charge in [0.2, 0.25) is 5.91 Å². The van der Waals surface area contributed by atoms with E-state index in [2.05, 4.69) is 10.3 Å². The van der Waals surface area contributed by atoms with E-state index in [1.807, 2.05) is 60.7 Å². The van der Waals surface area contributed by atoms with Gasteiger partial charge in [-0.05, 0) is 11.1 Å². The molecule has 6 heteroatoms. The van der Waals surface area contributed by atoms with Gasteiger partial charge >= 0.3 is 5.69 Å². The minimum atomic E-state index is -0.520. The van der Waals surface area contributed by atoms with E-state index in [1.165, 1.54) is 16.8 Å². The van der Waals surface area contributed by atoms with Crippen LogP contribution in [-0.2, 0) is 11.3 Å². The number of carbonyl (C=O) groups excluding carboxylic acids is 1. The monoisotopic (exact) mass is 349 g/mol. The van der Waals surface area contributed by atoms with Crippen molar-refractivity contribution in [1.82, 2.24) is 14.9 Å². The van der Waals surface area contributed by atoms with E-state index in [1.54, 1.807) is 0 Å². The molecule has 132 valence electrons. The minimum absolute atomic E-state index is 0.127. The van der Waals surface area contributed by atoms with Gasteiger partial charge in [-0.15, -0.1) is 0 Å². The lowest BCUT2D eigenvalue weighted by Crippen LogP contribution is -2.33. The Morgan fingerprint density at radius 1 is 0.923 bits per heavy atom. The van der Waals surface area contributed by atoms with Crippen LogP contribution >= 0.6 is 0 Å². The summed E-state index contributed by atoms with van der Waals surface area (Å²) in [5.74, 6) is -0.180. The molecule has 0 spiro atoms. The molecule has 0 aliphatic carbocycles. The van der Waals surface area contributed by atoms with Crippen molar-refractivity contribution in [2.45, 2.75) is 19.0 Å². The Labute approximate surface area is 150 Å². The van der Waals surface area contributed by atoms with Crippen molar-refractivity contribution in [3.05, 3.63) is 105 Å². The van der Waals surface area contributed by atoms with Crippen molar-refractivity contribution in [3.63, 3.8) is 0 Å². The maximum atomic E-state index is 12.5. The number of hydrogen-bond donors (Lipinski definition) is 2. The van der Waals surface area contributed by atoms with Crippen LogP contribution in [0.5, 0.6) is 0 Å². The normalized spacial score (nSPS) is 10.7. The first-order valence-electron chi connectivity index (χ1n) is 8.32. The zero-order valence-electron chi connectivity index (χ0n) is 14.1. The minimum Gasteiger partial charge on any atom is -0.345 e. The molecular weight excluding hydrogens is 330 g/mol. The molecular formula is C20H19N3O3. The molecule has 0 aliphatic heterocycles. The number of nitrogens with zero attached hydrogens (tertiary/aromatic N) is 1. The summed E-state index contributed by atoms with van der Waals surface area (Å²) in [6.45, 7) is 0.192. The smallest absolute Gasteiger partial charge is 0.328 e. The van der Waals surface area contributed by atoms with Gasteiger partial charge in [0, 0.05) is 25.2 Å². The Balaban J connectivity index is 1.73. The predicted octanol–water partition coefficient (Wildman–Crippen LogP) is 1.83. The number of hydrogen-bond acceptors (Lipinski definition) is 3. The van der Waals surface area contributed by atoms with Crippen LogP contribution in [0.3, 0.4) is 0 Å². The lowest BCUT2D eigenvalue weighted by Gasteiger charge is -2.20. The van der Waals surface area contributed by atoms with Crippen LogP contribution in [-0.4, -0.2) is 15.5 Å². The lowest BCUT2D eigenvalue weighted by atomic mass is 9.98. The van der Waals surface area contributed by atoms with Crippen molar-refractivity contribution in [3.8, 4) is 0 Å². The summed E-state index contributed by atoms with van der Waals surface area (Å²) in [7, 11) is 0. The fraction of sp³-hybridized carbons (Fsp3) is 0.150. The third kappa shape index (κ3) is 4.36. The Kier molecular flexibility index (Phi) is 5.43. The molecule has 0 fully saturated rings. The second kappa shape index (κ2) is 8.11. The molecule has 6 nitrogen and oxygen atoms in total. The van der Waals surface area contributed by atoms with E-state index < -0.39 is 11.2 Å². The van der Waals surface area contributed by atoms with Gasteiger partial charge in [-0.25, -0.2) is 4.79 Å². The van der Waals surface area contributed by atoms with Crippen LogP contribution in [0.2, 0.25) is 0 Å². The van der Waals surface area contributed by atoms with Crippen LogP contribution in [0.15, 0.2) is 82.5 Å². The molecule has 1 amide bonds. The maximum absolute atomic E-state index is 12.5. The van der Waals surface area contributed by atoms with Crippen molar-refractivity contribution in [2.24, 2.45) is 0 Å². The number of rotatable bonds is 6. The molecule has 2 N–H and O–H groups in total. The number of amides is 1. The van der Waals surface area contributed by atoms with E-state index in [0.717, 1.165) is 11.1 Å². The van der Waals surface area contributed by atoms with Gasteiger partial charge in [0.15, 0.2) is 0 Å². The molecule has 0 unspecified atom stereocenters. The molecule has 1 aromatic heterocycles. The maximum Gasteiger partial charge on any atom is 0.328 e. The fourth-order valence-electron chi connectivity index (χ4n) is 2.73. The molecule has 3 rings (SSSR count). The first-order valence-corrected chi connectivity index (χ1v) is 8.32. The van der Waals surface area contributed by atoms with E-state index in [-0.39, 0.29) is 24.9 Å². The van der Waals surface area contributed by atoms with Crippen molar-refractivity contribution < 1.29 is 4.79 Å². The second-order valence-electron chi connectivity index (χ2n) is 5.88. The van der Waals surface area contributed by atoms with Gasteiger partial charge in [0.25, 0.3) is 5.56 Å². The Morgan fingerprint density at radius 3 is 2.04 bits per heavy atom. The summed E-state index contributed by atoms with van der Waals surface area (Å²) >= 11 is 0. The van der Waals surface area contributed by atoms with E-state index in [4.69, 9.17) is 0 Å². The number of H-pyrrole nitrogens is 1. The molecule has 26 heavy (non-hydrogen) atoms. The zero-order chi connectivity index (χ0) is 18.4. The number of benzene rings is 2. The summed E-state index contributed by atoms with van der Waals surface area (Å²) < 4.78 is 1.31. The zero-order valence-corrected chi connectivity index (χ0v) is 14.1.